The van der Waals surface area contributed by atoms with E-state index in [1.54, 1.807) is 13.0 Å². The first kappa shape index (κ1) is 11.0. The number of benzene rings is 1. The second-order valence-corrected chi connectivity index (χ2v) is 3.65. The van der Waals surface area contributed by atoms with Gasteiger partial charge in [0.1, 0.15) is 0 Å². The molecular formula is C10H11BrO3. The third-order valence-corrected chi connectivity index (χ3v) is 2.75. The molecule has 0 radical (unpaired) electrons. The van der Waals surface area contributed by atoms with Crippen LogP contribution < -0.4 is 4.74 Å². The normalized spacial score (nSPS) is 9.93. The van der Waals surface area contributed by atoms with Crippen molar-refractivity contribution < 1.29 is 14.6 Å². The maximum atomic E-state index is 10.7. The van der Waals surface area contributed by atoms with Crippen LogP contribution in [0.3, 0.4) is 0 Å². The molecule has 0 heterocycles. The van der Waals surface area contributed by atoms with Crippen LogP contribution in [0.25, 0.3) is 0 Å². The Balaban J connectivity index is 3.34. The molecule has 76 valence electrons. The summed E-state index contributed by atoms with van der Waals surface area (Å²) in [4.78, 5) is 10.7. The van der Waals surface area contributed by atoms with E-state index in [1.807, 2.05) is 6.92 Å². The van der Waals surface area contributed by atoms with E-state index < -0.39 is 0 Å². The van der Waals surface area contributed by atoms with Crippen LogP contribution in [-0.4, -0.2) is 18.0 Å². The first-order valence-electron chi connectivity index (χ1n) is 4.21. The van der Waals surface area contributed by atoms with Crippen LogP contribution in [0.2, 0.25) is 0 Å². The summed E-state index contributed by atoms with van der Waals surface area (Å²) < 4.78 is 5.93. The second-order valence-electron chi connectivity index (χ2n) is 2.79. The Morgan fingerprint density at radius 3 is 2.79 bits per heavy atom. The molecule has 0 aliphatic rings. The number of carbonyl (C=O) groups excluding carboxylic acids is 1. The summed E-state index contributed by atoms with van der Waals surface area (Å²) in [5, 5.41) is 9.65. The van der Waals surface area contributed by atoms with E-state index in [-0.39, 0.29) is 11.3 Å². The number of phenols is 1. The molecule has 0 saturated carbocycles. The van der Waals surface area contributed by atoms with Gasteiger partial charge in [0.05, 0.1) is 12.2 Å². The molecule has 0 atom stereocenters. The highest BCUT2D eigenvalue weighted by molar-refractivity contribution is 9.10. The van der Waals surface area contributed by atoms with Crippen molar-refractivity contribution >= 4 is 22.2 Å². The van der Waals surface area contributed by atoms with Crippen molar-refractivity contribution in [1.82, 2.24) is 0 Å². The quantitative estimate of drug-likeness (QED) is 0.849. The highest BCUT2D eigenvalue weighted by Gasteiger charge is 2.13. The number of hydrogen-bond acceptors (Lipinski definition) is 3. The molecule has 4 heteroatoms. The third-order valence-electron chi connectivity index (χ3n) is 1.93. The zero-order valence-corrected chi connectivity index (χ0v) is 9.59. The van der Waals surface area contributed by atoms with Crippen LogP contribution >= 0.6 is 15.9 Å². The summed E-state index contributed by atoms with van der Waals surface area (Å²) in [5.74, 6) is 0.231. The fourth-order valence-corrected chi connectivity index (χ4v) is 1.56. The topological polar surface area (TPSA) is 46.5 Å². The average molecular weight is 259 g/mol. The van der Waals surface area contributed by atoms with E-state index in [9.17, 15) is 9.90 Å². The van der Waals surface area contributed by atoms with Crippen molar-refractivity contribution in [2.45, 2.75) is 13.8 Å². The minimum absolute atomic E-state index is 0.0949. The molecule has 0 fully saturated rings. The summed E-state index contributed by atoms with van der Waals surface area (Å²) in [7, 11) is 0. The number of aldehydes is 1. The van der Waals surface area contributed by atoms with Gasteiger partial charge >= 0.3 is 0 Å². The van der Waals surface area contributed by atoms with Crippen LogP contribution in [0.1, 0.15) is 22.8 Å². The molecule has 0 saturated heterocycles. The Hall–Kier alpha value is -1.03. The molecule has 14 heavy (non-hydrogen) atoms. The monoisotopic (exact) mass is 258 g/mol. The van der Waals surface area contributed by atoms with Crippen LogP contribution in [-0.2, 0) is 0 Å². The minimum atomic E-state index is -0.0949. The van der Waals surface area contributed by atoms with Gasteiger partial charge in [-0.1, -0.05) is 15.9 Å². The number of halogens is 1. The molecule has 1 aromatic carbocycles. The Labute approximate surface area is 90.8 Å². The van der Waals surface area contributed by atoms with Crippen molar-refractivity contribution in [3.63, 3.8) is 0 Å². The Morgan fingerprint density at radius 1 is 1.64 bits per heavy atom. The Bertz CT molecular complexity index is 361. The third kappa shape index (κ3) is 1.90. The second kappa shape index (κ2) is 4.46. The highest BCUT2D eigenvalue weighted by atomic mass is 79.9. The number of hydrogen-bond donors (Lipinski definition) is 1. The van der Waals surface area contributed by atoms with Gasteiger partial charge < -0.3 is 9.84 Å². The number of aromatic hydroxyl groups is 1. The minimum Gasteiger partial charge on any atom is -0.504 e. The van der Waals surface area contributed by atoms with Gasteiger partial charge in [0, 0.05) is 4.47 Å². The lowest BCUT2D eigenvalue weighted by atomic mass is 10.1. The molecule has 3 nitrogen and oxygen atoms in total. The average Bonchev–Trinajstić information content (AvgIpc) is 2.16. The Kier molecular flexibility index (Phi) is 3.52. The summed E-state index contributed by atoms with van der Waals surface area (Å²) in [6.45, 7) is 4.01. The Morgan fingerprint density at radius 2 is 2.29 bits per heavy atom. The van der Waals surface area contributed by atoms with E-state index in [2.05, 4.69) is 15.9 Å². The lowest BCUT2D eigenvalue weighted by molar-refractivity contribution is 0.111. The summed E-state index contributed by atoms with van der Waals surface area (Å²) in [5.41, 5.74) is 0.976. The van der Waals surface area contributed by atoms with Crippen LogP contribution in [0.15, 0.2) is 10.5 Å². The number of phenolic OH excluding ortho intramolecular Hbond substituents is 1. The van der Waals surface area contributed by atoms with Crippen molar-refractivity contribution in [3.8, 4) is 11.5 Å². The van der Waals surface area contributed by atoms with E-state index in [0.29, 0.717) is 24.2 Å². The van der Waals surface area contributed by atoms with Crippen LogP contribution in [0.5, 0.6) is 11.5 Å². The van der Waals surface area contributed by atoms with E-state index in [0.717, 1.165) is 4.47 Å². The molecule has 0 aliphatic carbocycles. The summed E-state index contributed by atoms with van der Waals surface area (Å²) in [6, 6.07) is 1.65. The van der Waals surface area contributed by atoms with Crippen molar-refractivity contribution in [2.75, 3.05) is 6.61 Å². The van der Waals surface area contributed by atoms with E-state index >= 15 is 0 Å². The van der Waals surface area contributed by atoms with E-state index in [4.69, 9.17) is 4.74 Å². The lowest BCUT2D eigenvalue weighted by Crippen LogP contribution is -1.96. The van der Waals surface area contributed by atoms with Gasteiger partial charge in [-0.15, -0.1) is 0 Å². The standard InChI is InChI=1S/C10H11BrO3/c1-3-14-9-4-8(11)6(2)7(5-12)10(9)13/h4-5,13H,3H2,1-2H3. The first-order valence-corrected chi connectivity index (χ1v) is 5.01. The molecule has 0 unspecified atom stereocenters. The first-order chi connectivity index (χ1) is 6.61. The lowest BCUT2D eigenvalue weighted by Gasteiger charge is -2.10. The van der Waals surface area contributed by atoms with Crippen molar-refractivity contribution in [1.29, 1.82) is 0 Å². The number of rotatable bonds is 3. The number of carbonyl (C=O) groups is 1. The molecule has 1 rings (SSSR count). The van der Waals surface area contributed by atoms with Gasteiger partial charge in [0.2, 0.25) is 0 Å². The molecule has 0 aliphatic heterocycles. The van der Waals surface area contributed by atoms with Gasteiger partial charge in [0.15, 0.2) is 17.8 Å². The predicted molar refractivity (Wildman–Crippen MR) is 57.1 cm³/mol. The fraction of sp³-hybridized carbons (Fsp3) is 0.300. The smallest absolute Gasteiger partial charge is 0.168 e. The molecule has 0 bridgehead atoms. The van der Waals surface area contributed by atoms with Gasteiger partial charge in [-0.25, -0.2) is 0 Å². The summed E-state index contributed by atoms with van der Waals surface area (Å²) >= 11 is 3.29. The highest BCUT2D eigenvalue weighted by Crippen LogP contribution is 2.36. The van der Waals surface area contributed by atoms with Crippen molar-refractivity contribution in [3.05, 3.63) is 21.7 Å². The van der Waals surface area contributed by atoms with Crippen LogP contribution in [0, 0.1) is 6.92 Å². The summed E-state index contributed by atoms with van der Waals surface area (Å²) in [6.07, 6.45) is 0.623. The molecule has 0 spiro atoms. The van der Waals surface area contributed by atoms with Gasteiger partial charge in [-0.05, 0) is 25.5 Å². The maximum Gasteiger partial charge on any atom is 0.168 e. The largest absolute Gasteiger partial charge is 0.504 e. The van der Waals surface area contributed by atoms with Crippen molar-refractivity contribution in [2.24, 2.45) is 0 Å². The maximum absolute atomic E-state index is 10.7. The fourth-order valence-electron chi connectivity index (χ4n) is 1.14. The van der Waals surface area contributed by atoms with E-state index in [1.165, 1.54) is 0 Å². The van der Waals surface area contributed by atoms with Crippen LogP contribution in [0.4, 0.5) is 0 Å². The molecule has 1 N–H and O–H groups in total. The van der Waals surface area contributed by atoms with Gasteiger partial charge in [-0.2, -0.15) is 0 Å². The SMILES string of the molecule is CCOc1cc(Br)c(C)c(C=O)c1O. The predicted octanol–water partition coefficient (Wildman–Crippen LogP) is 2.67. The van der Waals surface area contributed by atoms with Gasteiger partial charge in [0.25, 0.3) is 0 Å². The number of ether oxygens (including phenoxy) is 1. The molecule has 0 amide bonds. The molecule has 1 aromatic rings. The van der Waals surface area contributed by atoms with Gasteiger partial charge in [-0.3, -0.25) is 4.79 Å². The zero-order valence-electron chi connectivity index (χ0n) is 8.00. The zero-order chi connectivity index (χ0) is 10.7. The molecule has 0 aromatic heterocycles. The molecular weight excluding hydrogens is 248 g/mol.